The van der Waals surface area contributed by atoms with Gasteiger partial charge < -0.3 is 23.8 Å². The molecule has 1 heterocycles. The van der Waals surface area contributed by atoms with Crippen molar-refractivity contribution < 1.29 is 18.9 Å². The molecule has 140 valence electrons. The number of fused-ring (bicyclic) bond motifs is 1. The third-order valence-electron chi connectivity index (χ3n) is 5.09. The van der Waals surface area contributed by atoms with E-state index in [1.54, 1.807) is 28.4 Å². The standard InChI is InChI=1S/C21H27NO4/c1-22-9-8-15-11-20(25-4)21(26-5)12-16(15)17(13-22)14-6-7-18(23-2)19(10-14)24-3/h6-7,10-12,17H,8-9,13H2,1-5H3. The first-order valence-electron chi connectivity index (χ1n) is 8.76. The van der Waals surface area contributed by atoms with E-state index in [1.807, 2.05) is 6.07 Å². The van der Waals surface area contributed by atoms with Crippen LogP contribution in [-0.4, -0.2) is 53.5 Å². The second kappa shape index (κ2) is 7.87. The molecule has 26 heavy (non-hydrogen) atoms. The second-order valence-corrected chi connectivity index (χ2v) is 6.59. The van der Waals surface area contributed by atoms with Crippen LogP contribution in [0.5, 0.6) is 23.0 Å². The highest BCUT2D eigenvalue weighted by Gasteiger charge is 2.26. The molecule has 1 aliphatic heterocycles. The maximum absolute atomic E-state index is 5.55. The zero-order valence-electron chi connectivity index (χ0n) is 16.2. The van der Waals surface area contributed by atoms with Gasteiger partial charge in [-0.3, -0.25) is 0 Å². The zero-order chi connectivity index (χ0) is 18.7. The second-order valence-electron chi connectivity index (χ2n) is 6.59. The van der Waals surface area contributed by atoms with Gasteiger partial charge in [-0.1, -0.05) is 6.07 Å². The fourth-order valence-corrected chi connectivity index (χ4v) is 3.64. The molecule has 0 spiro atoms. The van der Waals surface area contributed by atoms with E-state index in [0.29, 0.717) is 0 Å². The minimum atomic E-state index is 0.220. The van der Waals surface area contributed by atoms with Crippen LogP contribution in [0.15, 0.2) is 30.3 Å². The number of hydrogen-bond acceptors (Lipinski definition) is 5. The summed E-state index contributed by atoms with van der Waals surface area (Å²) in [4.78, 5) is 2.36. The summed E-state index contributed by atoms with van der Waals surface area (Å²) < 4.78 is 22.0. The molecule has 0 saturated heterocycles. The van der Waals surface area contributed by atoms with Crippen molar-refractivity contribution >= 4 is 0 Å². The topological polar surface area (TPSA) is 40.2 Å². The van der Waals surface area contributed by atoms with Gasteiger partial charge in [-0.05, 0) is 54.4 Å². The van der Waals surface area contributed by atoms with Gasteiger partial charge in [-0.2, -0.15) is 0 Å². The smallest absolute Gasteiger partial charge is 0.161 e. The van der Waals surface area contributed by atoms with E-state index in [0.717, 1.165) is 42.5 Å². The zero-order valence-corrected chi connectivity index (χ0v) is 16.2. The van der Waals surface area contributed by atoms with Crippen molar-refractivity contribution in [3.8, 4) is 23.0 Å². The van der Waals surface area contributed by atoms with Crippen molar-refractivity contribution in [1.29, 1.82) is 0 Å². The number of rotatable bonds is 5. The Kier molecular flexibility index (Phi) is 5.57. The normalized spacial score (nSPS) is 17.2. The molecule has 0 aromatic heterocycles. The monoisotopic (exact) mass is 357 g/mol. The third kappa shape index (κ3) is 3.44. The Morgan fingerprint density at radius 1 is 0.808 bits per heavy atom. The van der Waals surface area contributed by atoms with Crippen molar-refractivity contribution in [3.63, 3.8) is 0 Å². The highest BCUT2D eigenvalue weighted by molar-refractivity contribution is 5.53. The molecule has 0 saturated carbocycles. The molecular weight excluding hydrogens is 330 g/mol. The molecule has 0 N–H and O–H groups in total. The molecule has 2 aromatic carbocycles. The third-order valence-corrected chi connectivity index (χ3v) is 5.09. The number of ether oxygens (including phenoxy) is 4. The van der Waals surface area contributed by atoms with Crippen LogP contribution in [-0.2, 0) is 6.42 Å². The molecule has 1 aliphatic rings. The lowest BCUT2D eigenvalue weighted by molar-refractivity contribution is 0.335. The number of benzene rings is 2. The molecular formula is C21H27NO4. The van der Waals surface area contributed by atoms with Crippen LogP contribution in [0.3, 0.4) is 0 Å². The van der Waals surface area contributed by atoms with Gasteiger partial charge in [0, 0.05) is 19.0 Å². The Morgan fingerprint density at radius 3 is 2.08 bits per heavy atom. The molecule has 0 radical (unpaired) electrons. The Balaban J connectivity index is 2.12. The Bertz CT molecular complexity index is 775. The molecule has 5 nitrogen and oxygen atoms in total. The fraction of sp³-hybridized carbons (Fsp3) is 0.429. The van der Waals surface area contributed by atoms with Crippen LogP contribution in [0.2, 0.25) is 0 Å². The minimum Gasteiger partial charge on any atom is -0.493 e. The molecule has 2 aromatic rings. The van der Waals surface area contributed by atoms with Crippen LogP contribution >= 0.6 is 0 Å². The van der Waals surface area contributed by atoms with Gasteiger partial charge >= 0.3 is 0 Å². The van der Waals surface area contributed by atoms with Crippen LogP contribution in [0.1, 0.15) is 22.6 Å². The van der Waals surface area contributed by atoms with Gasteiger partial charge in [-0.25, -0.2) is 0 Å². The maximum Gasteiger partial charge on any atom is 0.161 e. The quantitative estimate of drug-likeness (QED) is 0.821. The van der Waals surface area contributed by atoms with Gasteiger partial charge in [0.2, 0.25) is 0 Å². The molecule has 1 unspecified atom stereocenters. The van der Waals surface area contributed by atoms with E-state index in [2.05, 4.69) is 36.2 Å². The lowest BCUT2D eigenvalue weighted by atomic mass is 9.87. The predicted molar refractivity (Wildman–Crippen MR) is 102 cm³/mol. The van der Waals surface area contributed by atoms with Crippen LogP contribution in [0.25, 0.3) is 0 Å². The minimum absolute atomic E-state index is 0.220. The first-order valence-corrected chi connectivity index (χ1v) is 8.76. The summed E-state index contributed by atoms with van der Waals surface area (Å²) in [6.07, 6.45) is 0.982. The van der Waals surface area contributed by atoms with E-state index < -0.39 is 0 Å². The first-order chi connectivity index (χ1) is 12.6. The van der Waals surface area contributed by atoms with Crippen LogP contribution < -0.4 is 18.9 Å². The van der Waals surface area contributed by atoms with Gasteiger partial charge in [0.25, 0.3) is 0 Å². The SMILES string of the molecule is COc1ccc(C2CN(C)CCc3cc(OC)c(OC)cc32)cc1OC. The highest BCUT2D eigenvalue weighted by atomic mass is 16.5. The van der Waals surface area contributed by atoms with Crippen molar-refractivity contribution in [2.45, 2.75) is 12.3 Å². The summed E-state index contributed by atoms with van der Waals surface area (Å²) in [7, 11) is 8.84. The van der Waals surface area contributed by atoms with Crippen molar-refractivity contribution in [2.24, 2.45) is 0 Å². The fourth-order valence-electron chi connectivity index (χ4n) is 3.64. The van der Waals surface area contributed by atoms with E-state index in [-0.39, 0.29) is 5.92 Å². The average molecular weight is 357 g/mol. The summed E-state index contributed by atoms with van der Waals surface area (Å²) >= 11 is 0. The Hall–Kier alpha value is -2.40. The van der Waals surface area contributed by atoms with Crippen LogP contribution in [0.4, 0.5) is 0 Å². The molecule has 0 amide bonds. The Morgan fingerprint density at radius 2 is 1.42 bits per heavy atom. The summed E-state index contributed by atoms with van der Waals surface area (Å²) in [6, 6.07) is 10.4. The van der Waals surface area contributed by atoms with Crippen LogP contribution in [0, 0.1) is 0 Å². The molecule has 0 bridgehead atoms. The van der Waals surface area contributed by atoms with Crippen molar-refractivity contribution in [3.05, 3.63) is 47.0 Å². The summed E-state index contributed by atoms with van der Waals surface area (Å²) in [6.45, 7) is 1.93. The average Bonchev–Trinajstić information content (AvgIpc) is 2.84. The summed E-state index contributed by atoms with van der Waals surface area (Å²) in [5.74, 6) is 3.25. The molecule has 0 aliphatic carbocycles. The number of likely N-dealkylation sites (N-methyl/N-ethyl adjacent to an activating group) is 1. The van der Waals surface area contributed by atoms with Crippen molar-refractivity contribution in [1.82, 2.24) is 4.90 Å². The molecule has 1 atom stereocenters. The van der Waals surface area contributed by atoms with Gasteiger partial charge in [0.1, 0.15) is 0 Å². The largest absolute Gasteiger partial charge is 0.493 e. The highest BCUT2D eigenvalue weighted by Crippen LogP contribution is 2.40. The molecule has 3 rings (SSSR count). The first kappa shape index (κ1) is 18.4. The van der Waals surface area contributed by atoms with E-state index in [9.17, 15) is 0 Å². The summed E-state index contributed by atoms with van der Waals surface area (Å²) in [5.41, 5.74) is 3.77. The summed E-state index contributed by atoms with van der Waals surface area (Å²) in [5, 5.41) is 0. The Labute approximate surface area is 155 Å². The lowest BCUT2D eigenvalue weighted by Crippen LogP contribution is -2.24. The van der Waals surface area contributed by atoms with E-state index >= 15 is 0 Å². The van der Waals surface area contributed by atoms with Gasteiger partial charge in [0.05, 0.1) is 28.4 Å². The van der Waals surface area contributed by atoms with Gasteiger partial charge in [-0.15, -0.1) is 0 Å². The molecule has 0 fully saturated rings. The maximum atomic E-state index is 5.55. The number of methoxy groups -OCH3 is 4. The van der Waals surface area contributed by atoms with E-state index in [4.69, 9.17) is 18.9 Å². The number of nitrogens with zero attached hydrogens (tertiary/aromatic N) is 1. The lowest BCUT2D eigenvalue weighted by Gasteiger charge is -2.23. The van der Waals surface area contributed by atoms with Gasteiger partial charge in [0.15, 0.2) is 23.0 Å². The predicted octanol–water partition coefficient (Wildman–Crippen LogP) is 3.34. The van der Waals surface area contributed by atoms with Crippen molar-refractivity contribution in [2.75, 3.05) is 48.6 Å². The molecule has 5 heteroatoms. The number of hydrogen-bond donors (Lipinski definition) is 0. The van der Waals surface area contributed by atoms with E-state index in [1.165, 1.54) is 16.7 Å².